The maximum absolute atomic E-state index is 13.9. The monoisotopic (exact) mass is 342 g/mol. The maximum atomic E-state index is 13.9. The largest absolute Gasteiger partial charge is 0.444 e. The number of amides is 1. The maximum Gasteiger partial charge on any atom is 0.412 e. The predicted molar refractivity (Wildman–Crippen MR) is 90.8 cm³/mol. The molecule has 1 saturated heterocycles. The molecule has 23 heavy (non-hydrogen) atoms. The summed E-state index contributed by atoms with van der Waals surface area (Å²) < 4.78 is 30.3. The molecule has 0 atom stereocenters. The standard InChI is InChI=1S/C16H23FN2O3S/c1-16(2,3)22-15(20)19-14-10-12(4-5-13(14)17)18-11-6-8-23(21)9-7-11/h4-5,10-11,18H,6-9H2,1-3H3,(H,19,20). The Balaban J connectivity index is 2.01. The van der Waals surface area contributed by atoms with Gasteiger partial charge in [0.1, 0.15) is 11.4 Å². The summed E-state index contributed by atoms with van der Waals surface area (Å²) in [5, 5.41) is 5.72. The van der Waals surface area contributed by atoms with Crippen molar-refractivity contribution in [3.05, 3.63) is 24.0 Å². The van der Waals surface area contributed by atoms with Crippen LogP contribution in [0.4, 0.5) is 20.6 Å². The Morgan fingerprint density at radius 1 is 1.30 bits per heavy atom. The Bertz CT molecular complexity index is 591. The SMILES string of the molecule is CC(C)(C)OC(=O)Nc1cc(NC2CCS(=O)CC2)ccc1F. The van der Waals surface area contributed by atoms with Crippen LogP contribution < -0.4 is 10.6 Å². The van der Waals surface area contributed by atoms with Crippen molar-refractivity contribution in [3.8, 4) is 0 Å². The molecule has 7 heteroatoms. The zero-order chi connectivity index (χ0) is 17.0. The minimum atomic E-state index is -0.718. The van der Waals surface area contributed by atoms with E-state index in [1.807, 2.05) is 0 Å². The highest BCUT2D eigenvalue weighted by molar-refractivity contribution is 7.85. The Morgan fingerprint density at radius 2 is 1.96 bits per heavy atom. The second kappa shape index (κ2) is 7.29. The molecule has 1 amide bonds. The quantitative estimate of drug-likeness (QED) is 0.882. The lowest BCUT2D eigenvalue weighted by molar-refractivity contribution is 0.0635. The summed E-state index contributed by atoms with van der Waals surface area (Å²) >= 11 is 0. The highest BCUT2D eigenvalue weighted by Gasteiger charge is 2.19. The zero-order valence-electron chi connectivity index (χ0n) is 13.6. The van der Waals surface area contributed by atoms with Crippen LogP contribution in [0, 0.1) is 5.82 Å². The first-order chi connectivity index (χ1) is 10.7. The van der Waals surface area contributed by atoms with E-state index >= 15 is 0 Å². The first kappa shape index (κ1) is 17.7. The topological polar surface area (TPSA) is 67.4 Å². The van der Waals surface area contributed by atoms with Crippen molar-refractivity contribution < 1.29 is 18.1 Å². The van der Waals surface area contributed by atoms with Crippen LogP contribution in [0.2, 0.25) is 0 Å². The molecule has 1 aliphatic heterocycles. The third-order valence-electron chi connectivity index (χ3n) is 3.36. The number of nitrogens with one attached hydrogen (secondary N) is 2. The molecule has 0 saturated carbocycles. The van der Waals surface area contributed by atoms with Crippen molar-refractivity contribution in [2.75, 3.05) is 22.1 Å². The molecule has 0 spiro atoms. The lowest BCUT2D eigenvalue weighted by Crippen LogP contribution is -2.29. The minimum absolute atomic E-state index is 0.0728. The normalized spacial score (nSPS) is 21.6. The summed E-state index contributed by atoms with van der Waals surface area (Å²) in [4.78, 5) is 11.8. The second-order valence-corrected chi connectivity index (χ2v) is 8.28. The van der Waals surface area contributed by atoms with Crippen LogP contribution in [0.15, 0.2) is 18.2 Å². The van der Waals surface area contributed by atoms with E-state index in [1.54, 1.807) is 32.9 Å². The number of anilines is 2. The molecule has 1 aromatic carbocycles. The van der Waals surface area contributed by atoms with Crippen molar-refractivity contribution in [1.82, 2.24) is 0 Å². The van der Waals surface area contributed by atoms with Gasteiger partial charge < -0.3 is 10.1 Å². The fraction of sp³-hybridized carbons (Fsp3) is 0.562. The van der Waals surface area contributed by atoms with Crippen molar-refractivity contribution in [2.24, 2.45) is 0 Å². The summed E-state index contributed by atoms with van der Waals surface area (Å²) in [5.41, 5.74) is 0.146. The van der Waals surface area contributed by atoms with Crippen LogP contribution in [0.25, 0.3) is 0 Å². The van der Waals surface area contributed by atoms with E-state index < -0.39 is 28.3 Å². The number of carbonyl (C=O) groups is 1. The van der Waals surface area contributed by atoms with Crippen LogP contribution in [0.1, 0.15) is 33.6 Å². The fourth-order valence-corrected chi connectivity index (χ4v) is 3.60. The van der Waals surface area contributed by atoms with Gasteiger partial charge in [-0.15, -0.1) is 0 Å². The van der Waals surface area contributed by atoms with Crippen LogP contribution >= 0.6 is 0 Å². The molecule has 0 unspecified atom stereocenters. The number of rotatable bonds is 3. The van der Waals surface area contributed by atoms with Gasteiger partial charge >= 0.3 is 6.09 Å². The van der Waals surface area contributed by atoms with E-state index in [0.717, 1.165) is 18.5 Å². The van der Waals surface area contributed by atoms with E-state index in [2.05, 4.69) is 10.6 Å². The molecule has 0 radical (unpaired) electrons. The average Bonchev–Trinajstić information content (AvgIpc) is 2.43. The molecule has 0 aromatic heterocycles. The molecule has 1 fully saturated rings. The molecule has 5 nitrogen and oxygen atoms in total. The van der Waals surface area contributed by atoms with Gasteiger partial charge in [-0.25, -0.2) is 9.18 Å². The van der Waals surface area contributed by atoms with Gasteiger partial charge in [-0.1, -0.05) is 0 Å². The van der Waals surface area contributed by atoms with Gasteiger partial charge in [-0.2, -0.15) is 0 Å². The molecule has 2 rings (SSSR count). The van der Waals surface area contributed by atoms with Crippen LogP contribution in [0.3, 0.4) is 0 Å². The van der Waals surface area contributed by atoms with Gasteiger partial charge in [0.05, 0.1) is 5.69 Å². The Kier molecular flexibility index (Phi) is 5.62. The molecule has 2 N–H and O–H groups in total. The number of benzene rings is 1. The second-order valence-electron chi connectivity index (χ2n) is 6.59. The number of carbonyl (C=O) groups excluding carboxylic acids is 1. The molecular weight excluding hydrogens is 319 g/mol. The number of hydrogen-bond donors (Lipinski definition) is 2. The molecule has 0 bridgehead atoms. The van der Waals surface area contributed by atoms with E-state index in [0.29, 0.717) is 11.5 Å². The predicted octanol–water partition coefficient (Wildman–Crippen LogP) is 3.50. The third kappa shape index (κ3) is 5.82. The van der Waals surface area contributed by atoms with E-state index in [1.165, 1.54) is 6.07 Å². The van der Waals surface area contributed by atoms with Crippen molar-refractivity contribution in [3.63, 3.8) is 0 Å². The third-order valence-corrected chi connectivity index (χ3v) is 4.74. The molecule has 128 valence electrons. The Labute approximate surface area is 138 Å². The van der Waals surface area contributed by atoms with Crippen LogP contribution in [-0.4, -0.2) is 33.5 Å². The minimum Gasteiger partial charge on any atom is -0.444 e. The lowest BCUT2D eigenvalue weighted by Gasteiger charge is -2.24. The Hall–Kier alpha value is -1.63. The van der Waals surface area contributed by atoms with E-state index in [-0.39, 0.29) is 11.7 Å². The average molecular weight is 342 g/mol. The van der Waals surface area contributed by atoms with Gasteiger partial charge in [0.15, 0.2) is 0 Å². The highest BCUT2D eigenvalue weighted by Crippen LogP contribution is 2.23. The van der Waals surface area contributed by atoms with Crippen LogP contribution in [0.5, 0.6) is 0 Å². The lowest BCUT2D eigenvalue weighted by atomic mass is 10.1. The summed E-state index contributed by atoms with van der Waals surface area (Å²) in [5.74, 6) is 0.843. The molecule has 0 aliphatic carbocycles. The summed E-state index contributed by atoms with van der Waals surface area (Å²) in [7, 11) is -0.718. The fourth-order valence-electron chi connectivity index (χ4n) is 2.30. The number of hydrogen-bond acceptors (Lipinski definition) is 4. The van der Waals surface area contributed by atoms with Crippen LogP contribution in [-0.2, 0) is 15.5 Å². The first-order valence-corrected chi connectivity index (χ1v) is 9.13. The first-order valence-electron chi connectivity index (χ1n) is 7.64. The molecule has 1 aliphatic rings. The van der Waals surface area contributed by atoms with E-state index in [9.17, 15) is 13.4 Å². The van der Waals surface area contributed by atoms with Crippen molar-refractivity contribution in [2.45, 2.75) is 45.3 Å². The Morgan fingerprint density at radius 3 is 2.57 bits per heavy atom. The van der Waals surface area contributed by atoms with Crippen molar-refractivity contribution >= 4 is 28.3 Å². The highest BCUT2D eigenvalue weighted by atomic mass is 32.2. The molecular formula is C16H23FN2O3S. The van der Waals surface area contributed by atoms with Gasteiger partial charge in [-0.05, 0) is 51.8 Å². The van der Waals surface area contributed by atoms with E-state index in [4.69, 9.17) is 4.74 Å². The number of ether oxygens (including phenoxy) is 1. The summed E-state index contributed by atoms with van der Waals surface area (Å²) in [6.45, 7) is 5.23. The van der Waals surface area contributed by atoms with Gasteiger partial charge in [-0.3, -0.25) is 9.53 Å². The zero-order valence-corrected chi connectivity index (χ0v) is 14.5. The van der Waals surface area contributed by atoms with Crippen molar-refractivity contribution in [1.29, 1.82) is 0 Å². The van der Waals surface area contributed by atoms with Gasteiger partial charge in [0.2, 0.25) is 0 Å². The molecule has 1 heterocycles. The summed E-state index contributed by atoms with van der Waals surface area (Å²) in [6.07, 6.45) is 0.944. The van der Waals surface area contributed by atoms with Gasteiger partial charge in [0, 0.05) is 34.0 Å². The number of halogens is 1. The van der Waals surface area contributed by atoms with Gasteiger partial charge in [0.25, 0.3) is 0 Å². The smallest absolute Gasteiger partial charge is 0.412 e. The molecule has 1 aromatic rings. The summed E-state index contributed by atoms with van der Waals surface area (Å²) in [6, 6.07) is 4.69.